The SMILES string of the molecule is COc1ccccc1CN=C(NC(=S)Nc1cccc(OC(F)(F)F)c1)Nc1nc(C)cc(C)n1. The van der Waals surface area contributed by atoms with Crippen LogP contribution in [0.25, 0.3) is 0 Å². The number of nitrogens with one attached hydrogen (secondary N) is 3. The van der Waals surface area contributed by atoms with E-state index in [0.29, 0.717) is 11.7 Å². The maximum Gasteiger partial charge on any atom is 0.573 e. The van der Waals surface area contributed by atoms with E-state index in [9.17, 15) is 13.2 Å². The standard InChI is InChI=1S/C23H23F3N6O2S/c1-14-11-15(2)29-21(28-14)31-20(27-13-16-7-4-5-10-19(16)33-3)32-22(35)30-17-8-6-9-18(12-17)34-23(24,25)26/h4-12H,13H2,1-3H3,(H3,27,28,29,30,31,32,35). The van der Waals surface area contributed by atoms with E-state index < -0.39 is 6.36 Å². The Labute approximate surface area is 205 Å². The smallest absolute Gasteiger partial charge is 0.496 e. The number of hydrogen-bond donors (Lipinski definition) is 3. The Morgan fingerprint density at radius 1 is 1.00 bits per heavy atom. The molecule has 3 N–H and O–H groups in total. The summed E-state index contributed by atoms with van der Waals surface area (Å²) in [6.45, 7) is 3.91. The van der Waals surface area contributed by atoms with Gasteiger partial charge >= 0.3 is 6.36 Å². The normalized spacial score (nSPS) is 11.5. The molecule has 0 fully saturated rings. The molecule has 0 amide bonds. The van der Waals surface area contributed by atoms with E-state index in [2.05, 4.69) is 35.6 Å². The van der Waals surface area contributed by atoms with Crippen LogP contribution in [-0.4, -0.2) is 34.5 Å². The van der Waals surface area contributed by atoms with E-state index in [-0.39, 0.29) is 29.1 Å². The number of thiocarbonyl (C=S) groups is 1. The molecule has 12 heteroatoms. The summed E-state index contributed by atoms with van der Waals surface area (Å²) >= 11 is 5.34. The number of methoxy groups -OCH3 is 1. The van der Waals surface area contributed by atoms with Crippen molar-refractivity contribution in [2.45, 2.75) is 26.8 Å². The largest absolute Gasteiger partial charge is 0.573 e. The van der Waals surface area contributed by atoms with Gasteiger partial charge in [-0.05, 0) is 50.3 Å². The summed E-state index contributed by atoms with van der Waals surface area (Å²) in [4.78, 5) is 13.2. The number of aromatic nitrogens is 2. The van der Waals surface area contributed by atoms with Crippen LogP contribution in [0.2, 0.25) is 0 Å². The highest BCUT2D eigenvalue weighted by Crippen LogP contribution is 2.25. The number of nitrogens with zero attached hydrogens (tertiary/aromatic N) is 3. The quantitative estimate of drug-likeness (QED) is 0.247. The van der Waals surface area contributed by atoms with E-state index in [1.165, 1.54) is 18.2 Å². The Morgan fingerprint density at radius 2 is 1.71 bits per heavy atom. The molecule has 0 saturated carbocycles. The minimum absolute atomic E-state index is 0.0739. The number of halogens is 3. The first-order valence-electron chi connectivity index (χ1n) is 10.3. The van der Waals surface area contributed by atoms with Gasteiger partial charge in [-0.3, -0.25) is 5.32 Å². The van der Waals surface area contributed by atoms with Gasteiger partial charge in [-0.1, -0.05) is 24.3 Å². The number of rotatable bonds is 6. The molecule has 0 aliphatic heterocycles. The first-order chi connectivity index (χ1) is 16.6. The Bertz CT molecular complexity index is 1200. The molecular formula is C23H23F3N6O2S. The van der Waals surface area contributed by atoms with Crippen LogP contribution in [0, 0.1) is 13.8 Å². The lowest BCUT2D eigenvalue weighted by Gasteiger charge is -2.15. The van der Waals surface area contributed by atoms with Gasteiger partial charge in [0.2, 0.25) is 11.9 Å². The van der Waals surface area contributed by atoms with Crippen molar-refractivity contribution in [1.82, 2.24) is 15.3 Å². The second-order valence-corrected chi connectivity index (χ2v) is 7.64. The highest BCUT2D eigenvalue weighted by atomic mass is 32.1. The van der Waals surface area contributed by atoms with Crippen molar-refractivity contribution >= 4 is 34.9 Å². The van der Waals surface area contributed by atoms with Crippen molar-refractivity contribution in [3.8, 4) is 11.5 Å². The lowest BCUT2D eigenvalue weighted by molar-refractivity contribution is -0.274. The van der Waals surface area contributed by atoms with Gasteiger partial charge in [0, 0.05) is 28.7 Å². The van der Waals surface area contributed by atoms with E-state index in [1.54, 1.807) is 13.2 Å². The van der Waals surface area contributed by atoms with Gasteiger partial charge in [0.25, 0.3) is 0 Å². The summed E-state index contributed by atoms with van der Waals surface area (Å²) in [6.07, 6.45) is -4.80. The minimum atomic E-state index is -4.80. The third-order valence-electron chi connectivity index (χ3n) is 4.37. The van der Waals surface area contributed by atoms with Gasteiger partial charge in [-0.2, -0.15) is 0 Å². The first-order valence-corrected chi connectivity index (χ1v) is 10.7. The number of alkyl halides is 3. The van der Waals surface area contributed by atoms with Gasteiger partial charge in [-0.15, -0.1) is 13.2 Å². The zero-order chi connectivity index (χ0) is 25.4. The van der Waals surface area contributed by atoms with Crippen molar-refractivity contribution in [3.05, 3.63) is 71.5 Å². The maximum atomic E-state index is 12.5. The van der Waals surface area contributed by atoms with Crippen molar-refractivity contribution in [1.29, 1.82) is 0 Å². The molecule has 0 atom stereocenters. The average molecular weight is 505 g/mol. The van der Waals surface area contributed by atoms with Crippen molar-refractivity contribution < 1.29 is 22.6 Å². The number of hydrogen-bond acceptors (Lipinski definition) is 6. The van der Waals surface area contributed by atoms with Crippen LogP contribution in [0.1, 0.15) is 17.0 Å². The molecular weight excluding hydrogens is 481 g/mol. The number of aliphatic imine (C=N–C) groups is 1. The molecule has 8 nitrogen and oxygen atoms in total. The monoisotopic (exact) mass is 504 g/mol. The zero-order valence-corrected chi connectivity index (χ0v) is 19.9. The fraction of sp³-hybridized carbons (Fsp3) is 0.217. The minimum Gasteiger partial charge on any atom is -0.496 e. The van der Waals surface area contributed by atoms with Crippen LogP contribution in [0.5, 0.6) is 11.5 Å². The van der Waals surface area contributed by atoms with Gasteiger partial charge in [-0.25, -0.2) is 15.0 Å². The number of para-hydroxylation sites is 1. The van der Waals surface area contributed by atoms with Crippen molar-refractivity contribution in [2.24, 2.45) is 4.99 Å². The number of benzene rings is 2. The fourth-order valence-electron chi connectivity index (χ4n) is 3.04. The Morgan fingerprint density at radius 3 is 2.40 bits per heavy atom. The Hall–Kier alpha value is -3.93. The van der Waals surface area contributed by atoms with Gasteiger partial charge in [0.05, 0.1) is 13.7 Å². The number of anilines is 2. The molecule has 184 valence electrons. The highest BCUT2D eigenvalue weighted by molar-refractivity contribution is 7.80. The summed E-state index contributed by atoms with van der Waals surface area (Å²) in [7, 11) is 1.57. The van der Waals surface area contributed by atoms with Crippen LogP contribution in [0.4, 0.5) is 24.8 Å². The molecule has 0 aliphatic rings. The van der Waals surface area contributed by atoms with Crippen LogP contribution in [0.15, 0.2) is 59.6 Å². The number of ether oxygens (including phenoxy) is 2. The molecule has 0 aliphatic carbocycles. The maximum absolute atomic E-state index is 12.5. The summed E-state index contributed by atoms with van der Waals surface area (Å²) in [6, 6.07) is 14.5. The molecule has 0 spiro atoms. The Balaban J connectivity index is 1.79. The predicted octanol–water partition coefficient (Wildman–Crippen LogP) is 4.96. The summed E-state index contributed by atoms with van der Waals surface area (Å²) in [5.41, 5.74) is 2.63. The third kappa shape index (κ3) is 8.41. The van der Waals surface area contributed by atoms with E-state index in [0.717, 1.165) is 17.0 Å². The second kappa shape index (κ2) is 11.5. The molecule has 0 saturated heterocycles. The van der Waals surface area contributed by atoms with E-state index in [4.69, 9.17) is 17.0 Å². The Kier molecular flexibility index (Phi) is 8.42. The summed E-state index contributed by atoms with van der Waals surface area (Å²) in [5, 5.41) is 8.79. The third-order valence-corrected chi connectivity index (χ3v) is 4.57. The molecule has 2 aromatic carbocycles. The van der Waals surface area contributed by atoms with E-state index >= 15 is 0 Å². The average Bonchev–Trinajstić information content (AvgIpc) is 2.76. The molecule has 0 bridgehead atoms. The van der Waals surface area contributed by atoms with Gasteiger partial charge < -0.3 is 20.1 Å². The van der Waals surface area contributed by atoms with Crippen molar-refractivity contribution in [2.75, 3.05) is 17.7 Å². The van der Waals surface area contributed by atoms with E-state index in [1.807, 2.05) is 44.2 Å². The number of guanidine groups is 1. The van der Waals surface area contributed by atoms with Gasteiger partial charge in [0.1, 0.15) is 11.5 Å². The molecule has 1 aromatic heterocycles. The fourth-order valence-corrected chi connectivity index (χ4v) is 3.25. The second-order valence-electron chi connectivity index (χ2n) is 7.23. The van der Waals surface area contributed by atoms with Crippen molar-refractivity contribution in [3.63, 3.8) is 0 Å². The topological polar surface area (TPSA) is 92.7 Å². The molecule has 0 radical (unpaired) electrons. The predicted molar refractivity (Wildman–Crippen MR) is 132 cm³/mol. The molecule has 0 unspecified atom stereocenters. The number of aryl methyl sites for hydroxylation is 2. The lowest BCUT2D eigenvalue weighted by atomic mass is 10.2. The first kappa shape index (κ1) is 25.7. The van der Waals surface area contributed by atoms with Gasteiger partial charge in [0.15, 0.2) is 5.11 Å². The van der Waals surface area contributed by atoms with Crippen LogP contribution in [-0.2, 0) is 6.54 Å². The molecule has 35 heavy (non-hydrogen) atoms. The highest BCUT2D eigenvalue weighted by Gasteiger charge is 2.31. The molecule has 3 aromatic rings. The lowest BCUT2D eigenvalue weighted by Crippen LogP contribution is -2.39. The van der Waals surface area contributed by atoms with Crippen LogP contribution in [0.3, 0.4) is 0 Å². The summed E-state index contributed by atoms with van der Waals surface area (Å²) in [5.74, 6) is 0.816. The van der Waals surface area contributed by atoms with Crippen LogP contribution < -0.4 is 25.4 Å². The van der Waals surface area contributed by atoms with Crippen LogP contribution >= 0.6 is 12.2 Å². The zero-order valence-electron chi connectivity index (χ0n) is 19.1. The molecule has 3 rings (SSSR count). The summed E-state index contributed by atoms with van der Waals surface area (Å²) < 4.78 is 46.9. The molecule has 1 heterocycles.